The minimum Gasteiger partial charge on any atom is -0.454 e. The maximum Gasteiger partial charge on any atom is 0.231 e. The molecule has 1 aromatic rings. The molecule has 17 heavy (non-hydrogen) atoms. The van der Waals surface area contributed by atoms with E-state index in [0.29, 0.717) is 6.79 Å². The van der Waals surface area contributed by atoms with E-state index in [1.165, 1.54) is 0 Å². The zero-order valence-corrected chi connectivity index (χ0v) is 9.87. The second kappa shape index (κ2) is 6.17. The van der Waals surface area contributed by atoms with Crippen LogP contribution in [0.3, 0.4) is 0 Å². The highest BCUT2D eigenvalue weighted by molar-refractivity contribution is 5.48. The first-order valence-electron chi connectivity index (χ1n) is 5.93. The van der Waals surface area contributed by atoms with Gasteiger partial charge in [-0.2, -0.15) is 0 Å². The Balaban J connectivity index is 1.76. The Morgan fingerprint density at radius 1 is 1.29 bits per heavy atom. The van der Waals surface area contributed by atoms with E-state index in [-0.39, 0.29) is 0 Å². The summed E-state index contributed by atoms with van der Waals surface area (Å²) >= 11 is 0. The molecule has 0 aliphatic carbocycles. The van der Waals surface area contributed by atoms with Crippen molar-refractivity contribution in [3.8, 4) is 23.8 Å². The number of rotatable bonds is 6. The van der Waals surface area contributed by atoms with E-state index in [4.69, 9.17) is 15.9 Å². The quantitative estimate of drug-likeness (QED) is 0.602. The van der Waals surface area contributed by atoms with E-state index in [2.05, 4.69) is 17.3 Å². The number of unbranched alkanes of at least 4 members (excludes halogenated alkanes) is 2. The normalized spacial score (nSPS) is 12.4. The second-order valence-corrected chi connectivity index (χ2v) is 3.99. The van der Waals surface area contributed by atoms with Crippen molar-refractivity contribution in [2.24, 2.45) is 0 Å². The van der Waals surface area contributed by atoms with E-state index in [1.54, 1.807) is 0 Å². The second-order valence-electron chi connectivity index (χ2n) is 3.99. The highest BCUT2D eigenvalue weighted by Gasteiger charge is 2.16. The number of fused-ring (bicyclic) bond motifs is 1. The third-order valence-electron chi connectivity index (χ3n) is 2.72. The molecule has 0 spiro atoms. The summed E-state index contributed by atoms with van der Waals surface area (Å²) in [6, 6.07) is 5.98. The standard InChI is InChI=1S/C14H17NO2/c1-2-3-4-5-9-15-10-12-7-6-8-13-14(12)17-11-16-13/h1,6-8,15H,3-5,9-11H2. The van der Waals surface area contributed by atoms with Crippen LogP contribution in [0.15, 0.2) is 18.2 Å². The fourth-order valence-corrected chi connectivity index (χ4v) is 1.83. The van der Waals surface area contributed by atoms with Crippen molar-refractivity contribution in [3.63, 3.8) is 0 Å². The number of ether oxygens (including phenoxy) is 2. The Morgan fingerprint density at radius 2 is 2.24 bits per heavy atom. The Hall–Kier alpha value is -1.66. The van der Waals surface area contributed by atoms with Gasteiger partial charge >= 0.3 is 0 Å². The average Bonchev–Trinajstić information content (AvgIpc) is 2.82. The molecule has 0 amide bonds. The third kappa shape index (κ3) is 3.15. The summed E-state index contributed by atoms with van der Waals surface area (Å²) in [6.45, 7) is 2.11. The summed E-state index contributed by atoms with van der Waals surface area (Å²) < 4.78 is 10.8. The predicted octanol–water partition coefficient (Wildman–Crippen LogP) is 2.31. The van der Waals surface area contributed by atoms with E-state index < -0.39 is 0 Å². The van der Waals surface area contributed by atoms with Gasteiger partial charge in [0.1, 0.15) is 0 Å². The van der Waals surface area contributed by atoms with Gasteiger partial charge in [0, 0.05) is 18.5 Å². The molecule has 0 aromatic heterocycles. The van der Waals surface area contributed by atoms with E-state index >= 15 is 0 Å². The van der Waals surface area contributed by atoms with Gasteiger partial charge in [-0.15, -0.1) is 12.3 Å². The lowest BCUT2D eigenvalue weighted by atomic mass is 10.2. The van der Waals surface area contributed by atoms with Crippen LogP contribution in [0.25, 0.3) is 0 Å². The molecule has 0 unspecified atom stereocenters. The van der Waals surface area contributed by atoms with Crippen molar-refractivity contribution in [1.29, 1.82) is 0 Å². The molecule has 3 heteroatoms. The predicted molar refractivity (Wildman–Crippen MR) is 67.0 cm³/mol. The maximum absolute atomic E-state index is 5.44. The van der Waals surface area contributed by atoms with Crippen LogP contribution < -0.4 is 14.8 Å². The van der Waals surface area contributed by atoms with Gasteiger partial charge in [0.05, 0.1) is 0 Å². The van der Waals surface area contributed by atoms with Crippen LogP contribution in [0, 0.1) is 12.3 Å². The zero-order chi connectivity index (χ0) is 11.9. The minimum atomic E-state index is 0.328. The number of benzene rings is 1. The zero-order valence-electron chi connectivity index (χ0n) is 9.87. The molecule has 1 aliphatic rings. The number of para-hydroxylation sites is 1. The van der Waals surface area contributed by atoms with Gasteiger partial charge in [-0.25, -0.2) is 0 Å². The molecule has 1 aromatic carbocycles. The van der Waals surface area contributed by atoms with Crippen LogP contribution >= 0.6 is 0 Å². The summed E-state index contributed by atoms with van der Waals surface area (Å²) in [6.07, 6.45) is 8.24. The average molecular weight is 231 g/mol. The van der Waals surface area contributed by atoms with E-state index in [1.807, 2.05) is 12.1 Å². The van der Waals surface area contributed by atoms with Crippen molar-refractivity contribution in [3.05, 3.63) is 23.8 Å². The van der Waals surface area contributed by atoms with Gasteiger partial charge in [0.15, 0.2) is 11.5 Å². The van der Waals surface area contributed by atoms with Gasteiger partial charge in [-0.3, -0.25) is 0 Å². The Bertz CT molecular complexity index is 409. The van der Waals surface area contributed by atoms with Crippen LogP contribution in [0.2, 0.25) is 0 Å². The first kappa shape index (κ1) is 11.8. The summed E-state index contributed by atoms with van der Waals surface area (Å²) in [5.41, 5.74) is 1.15. The minimum absolute atomic E-state index is 0.328. The van der Waals surface area contributed by atoms with Gasteiger partial charge in [-0.05, 0) is 25.5 Å². The summed E-state index contributed by atoms with van der Waals surface area (Å²) in [5.74, 6) is 4.37. The molecule has 3 nitrogen and oxygen atoms in total. The van der Waals surface area contributed by atoms with Crippen LogP contribution in [0.5, 0.6) is 11.5 Å². The first-order chi connectivity index (χ1) is 8.42. The lowest BCUT2D eigenvalue weighted by Crippen LogP contribution is -2.14. The van der Waals surface area contributed by atoms with Crippen molar-refractivity contribution < 1.29 is 9.47 Å². The van der Waals surface area contributed by atoms with Crippen molar-refractivity contribution in [2.45, 2.75) is 25.8 Å². The molecule has 1 N–H and O–H groups in total. The van der Waals surface area contributed by atoms with E-state index in [9.17, 15) is 0 Å². The molecular weight excluding hydrogens is 214 g/mol. The number of nitrogens with one attached hydrogen (secondary N) is 1. The summed E-state index contributed by atoms with van der Waals surface area (Å²) in [4.78, 5) is 0. The van der Waals surface area contributed by atoms with Crippen LogP contribution in [0.4, 0.5) is 0 Å². The largest absolute Gasteiger partial charge is 0.454 e. The van der Waals surface area contributed by atoms with Crippen LogP contribution in [-0.2, 0) is 6.54 Å². The highest BCUT2D eigenvalue weighted by Crippen LogP contribution is 2.35. The van der Waals surface area contributed by atoms with Gasteiger partial charge in [0.2, 0.25) is 6.79 Å². The van der Waals surface area contributed by atoms with Gasteiger partial charge in [-0.1, -0.05) is 12.1 Å². The molecule has 0 saturated carbocycles. The first-order valence-corrected chi connectivity index (χ1v) is 5.93. The maximum atomic E-state index is 5.44. The molecular formula is C14H17NO2. The molecule has 1 heterocycles. The van der Waals surface area contributed by atoms with Crippen molar-refractivity contribution in [2.75, 3.05) is 13.3 Å². The smallest absolute Gasteiger partial charge is 0.231 e. The molecule has 90 valence electrons. The molecule has 2 rings (SSSR count). The lowest BCUT2D eigenvalue weighted by Gasteiger charge is -2.07. The molecule has 1 aliphatic heterocycles. The monoisotopic (exact) mass is 231 g/mol. The van der Waals surface area contributed by atoms with Crippen molar-refractivity contribution in [1.82, 2.24) is 5.32 Å². The molecule has 0 atom stereocenters. The third-order valence-corrected chi connectivity index (χ3v) is 2.72. The Labute approximate surface area is 102 Å². The molecule has 0 fully saturated rings. The van der Waals surface area contributed by atoms with Crippen molar-refractivity contribution >= 4 is 0 Å². The fraction of sp³-hybridized carbons (Fsp3) is 0.429. The molecule has 0 bridgehead atoms. The van der Waals surface area contributed by atoms with Gasteiger partial charge < -0.3 is 14.8 Å². The summed E-state index contributed by atoms with van der Waals surface area (Å²) in [7, 11) is 0. The summed E-state index contributed by atoms with van der Waals surface area (Å²) in [5, 5.41) is 3.39. The highest BCUT2D eigenvalue weighted by atomic mass is 16.7. The number of terminal acetylenes is 1. The number of hydrogen-bond donors (Lipinski definition) is 1. The van der Waals surface area contributed by atoms with Crippen LogP contribution in [0.1, 0.15) is 24.8 Å². The Morgan fingerprint density at radius 3 is 3.12 bits per heavy atom. The van der Waals surface area contributed by atoms with Gasteiger partial charge in [0.25, 0.3) is 0 Å². The fourth-order valence-electron chi connectivity index (χ4n) is 1.83. The molecule has 0 saturated heterocycles. The molecule has 0 radical (unpaired) electrons. The van der Waals surface area contributed by atoms with Crippen LogP contribution in [-0.4, -0.2) is 13.3 Å². The number of hydrogen-bond acceptors (Lipinski definition) is 3. The Kier molecular flexibility index (Phi) is 4.29. The van der Waals surface area contributed by atoms with E-state index in [0.717, 1.165) is 49.4 Å². The SMILES string of the molecule is C#CCCCCNCc1cccc2c1OCO2. The topological polar surface area (TPSA) is 30.5 Å². The lowest BCUT2D eigenvalue weighted by molar-refractivity contribution is 0.173.